The van der Waals surface area contributed by atoms with E-state index < -0.39 is 0 Å². The third-order valence-electron chi connectivity index (χ3n) is 5.76. The molecule has 0 radical (unpaired) electrons. The molecule has 0 saturated heterocycles. The molecule has 5 heteroatoms. The summed E-state index contributed by atoms with van der Waals surface area (Å²) in [6, 6.07) is 12.4. The van der Waals surface area contributed by atoms with Gasteiger partial charge in [-0.05, 0) is 86.2 Å². The quantitative estimate of drug-likeness (QED) is 0.390. The van der Waals surface area contributed by atoms with Gasteiger partial charge in [0.1, 0.15) is 0 Å². The third-order valence-corrected chi connectivity index (χ3v) is 6.80. The Morgan fingerprint density at radius 2 is 1.68 bits per heavy atom. The average Bonchev–Trinajstić information content (AvgIpc) is 3.12. The van der Waals surface area contributed by atoms with Gasteiger partial charge in [-0.1, -0.05) is 35.1 Å². The minimum absolute atomic E-state index is 0.0476. The van der Waals surface area contributed by atoms with E-state index in [2.05, 4.69) is 63.9 Å². The molecular formula is C26H27N3OS. The predicted octanol–water partition coefficient (Wildman–Crippen LogP) is 6.01. The molecule has 0 aliphatic heterocycles. The number of carbonyl (C=O) groups excluding carboxylic acids is 1. The van der Waals surface area contributed by atoms with Crippen molar-refractivity contribution in [2.24, 2.45) is 0 Å². The maximum Gasteiger partial charge on any atom is 0.233 e. The fourth-order valence-electron chi connectivity index (χ4n) is 3.96. The first-order chi connectivity index (χ1) is 14.8. The highest BCUT2D eigenvalue weighted by atomic mass is 32.1. The highest BCUT2D eigenvalue weighted by molar-refractivity contribution is 7.22. The monoisotopic (exact) mass is 429 g/mol. The lowest BCUT2D eigenvalue weighted by Crippen LogP contribution is -2.32. The molecule has 0 spiro atoms. The van der Waals surface area contributed by atoms with Gasteiger partial charge in [-0.25, -0.2) is 4.98 Å². The Morgan fingerprint density at radius 3 is 2.35 bits per heavy atom. The number of aromatic nitrogens is 2. The number of pyridine rings is 1. The van der Waals surface area contributed by atoms with Crippen LogP contribution in [0.25, 0.3) is 10.2 Å². The summed E-state index contributed by atoms with van der Waals surface area (Å²) in [4.78, 5) is 24.5. The molecule has 2 aromatic heterocycles. The number of aryl methyl sites for hydroxylation is 5. The number of fused-ring (bicyclic) bond motifs is 1. The second-order valence-corrected chi connectivity index (χ2v) is 9.30. The summed E-state index contributed by atoms with van der Waals surface area (Å²) in [5.74, 6) is 0.0476. The van der Waals surface area contributed by atoms with Crippen molar-refractivity contribution < 1.29 is 4.79 Å². The van der Waals surface area contributed by atoms with Crippen LogP contribution in [0.15, 0.2) is 48.8 Å². The number of rotatable bonds is 5. The van der Waals surface area contributed by atoms with Crippen LogP contribution in [0, 0.1) is 34.6 Å². The lowest BCUT2D eigenvalue weighted by molar-refractivity contribution is -0.118. The van der Waals surface area contributed by atoms with Crippen LogP contribution in [0.3, 0.4) is 0 Å². The smallest absolute Gasteiger partial charge is 0.233 e. The Hall–Kier alpha value is -3.05. The van der Waals surface area contributed by atoms with Crippen molar-refractivity contribution >= 4 is 32.6 Å². The molecule has 0 saturated carbocycles. The highest BCUT2D eigenvalue weighted by Gasteiger charge is 2.22. The van der Waals surface area contributed by atoms with Crippen molar-refractivity contribution in [3.8, 4) is 0 Å². The van der Waals surface area contributed by atoms with Gasteiger partial charge >= 0.3 is 0 Å². The van der Waals surface area contributed by atoms with Crippen LogP contribution in [-0.2, 0) is 17.8 Å². The number of thiazole rings is 1. The van der Waals surface area contributed by atoms with Crippen molar-refractivity contribution in [3.05, 3.63) is 87.7 Å². The number of amides is 1. The maximum absolute atomic E-state index is 13.6. The summed E-state index contributed by atoms with van der Waals surface area (Å²) in [6.07, 6.45) is 3.91. The Bertz CT molecular complexity index is 1200. The van der Waals surface area contributed by atoms with Gasteiger partial charge in [0.2, 0.25) is 5.91 Å². The molecule has 2 aromatic carbocycles. The normalized spacial score (nSPS) is 11.1. The number of anilines is 1. The van der Waals surface area contributed by atoms with E-state index >= 15 is 0 Å². The van der Waals surface area contributed by atoms with Crippen molar-refractivity contribution in [1.82, 2.24) is 9.97 Å². The molecule has 4 rings (SSSR count). The van der Waals surface area contributed by atoms with Crippen LogP contribution in [0.4, 0.5) is 5.13 Å². The van der Waals surface area contributed by atoms with Gasteiger partial charge in [-0.15, -0.1) is 0 Å². The summed E-state index contributed by atoms with van der Waals surface area (Å²) in [5, 5.41) is 0.733. The van der Waals surface area contributed by atoms with Crippen LogP contribution in [0.2, 0.25) is 0 Å². The van der Waals surface area contributed by atoms with E-state index in [-0.39, 0.29) is 5.91 Å². The number of hydrogen-bond acceptors (Lipinski definition) is 4. The molecule has 1 amide bonds. The van der Waals surface area contributed by atoms with Crippen LogP contribution in [0.1, 0.15) is 38.9 Å². The third kappa shape index (κ3) is 4.52. The predicted molar refractivity (Wildman–Crippen MR) is 129 cm³/mol. The number of nitrogens with zero attached hydrogens (tertiary/aromatic N) is 3. The lowest BCUT2D eigenvalue weighted by Gasteiger charge is -2.21. The summed E-state index contributed by atoms with van der Waals surface area (Å²) in [6.45, 7) is 10.9. The molecular weight excluding hydrogens is 402 g/mol. The highest BCUT2D eigenvalue weighted by Crippen LogP contribution is 2.32. The van der Waals surface area contributed by atoms with Gasteiger partial charge in [0, 0.05) is 12.4 Å². The van der Waals surface area contributed by atoms with Crippen LogP contribution in [0.5, 0.6) is 0 Å². The molecule has 4 nitrogen and oxygen atoms in total. The lowest BCUT2D eigenvalue weighted by atomic mass is 9.97. The molecule has 0 atom stereocenters. The van der Waals surface area contributed by atoms with Gasteiger partial charge in [-0.3, -0.25) is 14.7 Å². The Kier molecular flexibility index (Phi) is 5.88. The van der Waals surface area contributed by atoms with Crippen LogP contribution < -0.4 is 4.90 Å². The minimum Gasteiger partial charge on any atom is -0.283 e. The van der Waals surface area contributed by atoms with Crippen LogP contribution >= 0.6 is 11.3 Å². The van der Waals surface area contributed by atoms with E-state index in [4.69, 9.17) is 4.98 Å². The van der Waals surface area contributed by atoms with Crippen molar-refractivity contribution in [2.45, 2.75) is 47.6 Å². The number of benzene rings is 2. The van der Waals surface area contributed by atoms with E-state index in [0.717, 1.165) is 37.6 Å². The van der Waals surface area contributed by atoms with Gasteiger partial charge in [0.15, 0.2) is 5.13 Å². The average molecular weight is 430 g/mol. The summed E-state index contributed by atoms with van der Waals surface area (Å²) in [7, 11) is 0. The molecule has 158 valence electrons. The summed E-state index contributed by atoms with van der Waals surface area (Å²) < 4.78 is 1.10. The Balaban J connectivity index is 1.73. The molecule has 0 bridgehead atoms. The van der Waals surface area contributed by atoms with E-state index in [0.29, 0.717) is 13.0 Å². The molecule has 0 fully saturated rings. The first-order valence-corrected chi connectivity index (χ1v) is 11.3. The van der Waals surface area contributed by atoms with E-state index in [1.54, 1.807) is 17.5 Å². The molecule has 0 aliphatic carbocycles. The molecule has 2 heterocycles. The number of carbonyl (C=O) groups is 1. The number of hydrogen-bond donors (Lipinski definition) is 0. The SMILES string of the molecule is Cc1cc(C)c(CC(=O)N(Cc2cccnc2)c2nc3cc(C)c(C)cc3s2)c(C)c1. The second-order valence-electron chi connectivity index (χ2n) is 8.30. The summed E-state index contributed by atoms with van der Waals surface area (Å²) in [5.41, 5.74) is 8.99. The molecule has 4 aromatic rings. The standard InChI is InChI=1S/C26H27N3OS/c1-16-9-19(4)22(20(5)10-16)13-25(30)29(15-21-7-6-8-27-14-21)26-28-23-11-17(2)18(3)12-24(23)31-26/h6-12,14H,13,15H2,1-5H3. The molecule has 31 heavy (non-hydrogen) atoms. The first-order valence-electron chi connectivity index (χ1n) is 10.5. The zero-order valence-electron chi connectivity index (χ0n) is 18.7. The van der Waals surface area contributed by atoms with Crippen molar-refractivity contribution in [2.75, 3.05) is 4.90 Å². The van der Waals surface area contributed by atoms with E-state index in [1.165, 1.54) is 16.7 Å². The van der Waals surface area contributed by atoms with Gasteiger partial charge < -0.3 is 0 Å². The fraction of sp³-hybridized carbons (Fsp3) is 0.269. The first kappa shape index (κ1) is 21.2. The zero-order valence-corrected chi connectivity index (χ0v) is 19.5. The minimum atomic E-state index is 0.0476. The van der Waals surface area contributed by atoms with E-state index in [9.17, 15) is 4.79 Å². The van der Waals surface area contributed by atoms with Crippen molar-refractivity contribution in [1.29, 1.82) is 0 Å². The Labute approximate surface area is 187 Å². The molecule has 0 aliphatic rings. The van der Waals surface area contributed by atoms with Crippen molar-refractivity contribution in [3.63, 3.8) is 0 Å². The molecule has 0 N–H and O–H groups in total. The van der Waals surface area contributed by atoms with E-state index in [1.807, 2.05) is 23.2 Å². The van der Waals surface area contributed by atoms with Crippen LogP contribution in [-0.4, -0.2) is 15.9 Å². The summed E-state index contributed by atoms with van der Waals surface area (Å²) >= 11 is 1.57. The zero-order chi connectivity index (χ0) is 22.1. The second kappa shape index (κ2) is 8.60. The maximum atomic E-state index is 13.6. The molecule has 0 unspecified atom stereocenters. The largest absolute Gasteiger partial charge is 0.283 e. The Morgan fingerprint density at radius 1 is 0.968 bits per heavy atom. The van der Waals surface area contributed by atoms with Gasteiger partial charge in [0.25, 0.3) is 0 Å². The van der Waals surface area contributed by atoms with Gasteiger partial charge in [-0.2, -0.15) is 0 Å². The van der Waals surface area contributed by atoms with Gasteiger partial charge in [0.05, 0.1) is 23.2 Å². The topological polar surface area (TPSA) is 46.1 Å². The fourth-order valence-corrected chi connectivity index (χ4v) is 5.02.